The zero-order valence-corrected chi connectivity index (χ0v) is 17.2. The lowest BCUT2D eigenvalue weighted by molar-refractivity contribution is -0.138. The van der Waals surface area contributed by atoms with E-state index in [1.54, 1.807) is 6.07 Å². The number of aromatic nitrogens is 2. The molecule has 0 fully saturated rings. The molecule has 1 heterocycles. The number of hydrogen-bond acceptors (Lipinski definition) is 3. The number of halogens is 6. The monoisotopic (exact) mass is 481 g/mol. The maximum atomic E-state index is 13.3. The number of H-pyrrole nitrogens is 1. The van der Waals surface area contributed by atoms with Crippen LogP contribution in [0.5, 0.6) is 5.75 Å². The molecule has 0 bridgehead atoms. The lowest BCUT2D eigenvalue weighted by Gasteiger charge is -2.14. The molecule has 0 aliphatic rings. The highest BCUT2D eigenvalue weighted by molar-refractivity contribution is 6.31. The Morgan fingerprint density at radius 1 is 1.06 bits per heavy atom. The number of rotatable bonds is 5. The van der Waals surface area contributed by atoms with Crippen molar-refractivity contribution in [1.82, 2.24) is 10.2 Å². The van der Waals surface area contributed by atoms with E-state index < -0.39 is 35.9 Å². The average Bonchev–Trinajstić information content (AvgIpc) is 3.16. The number of aromatic amines is 1. The van der Waals surface area contributed by atoms with Gasteiger partial charge < -0.3 is 10.1 Å². The van der Waals surface area contributed by atoms with Gasteiger partial charge in [0.2, 0.25) is 0 Å². The second kappa shape index (κ2) is 8.70. The number of hydrogen-bond donors (Lipinski definition) is 2. The number of amides is 1. The minimum Gasteiger partial charge on any atom is -0.489 e. The molecule has 4 aromatic rings. The molecule has 170 valence electrons. The number of nitrogens with one attached hydrogen (secondary N) is 2. The number of carbonyl (C=O) groups is 1. The van der Waals surface area contributed by atoms with Gasteiger partial charge in [-0.25, -0.2) is 8.78 Å². The molecule has 2 N–H and O–H groups in total. The molecule has 0 saturated carbocycles. The van der Waals surface area contributed by atoms with Gasteiger partial charge in [-0.15, -0.1) is 0 Å². The Hall–Kier alpha value is -3.66. The van der Waals surface area contributed by atoms with E-state index in [2.05, 4.69) is 15.5 Å². The van der Waals surface area contributed by atoms with Gasteiger partial charge in [-0.2, -0.15) is 18.3 Å². The molecule has 0 atom stereocenters. The van der Waals surface area contributed by atoms with Crippen LogP contribution in [0.25, 0.3) is 10.9 Å². The van der Waals surface area contributed by atoms with Gasteiger partial charge in [0.05, 0.1) is 16.1 Å². The maximum Gasteiger partial charge on any atom is 0.416 e. The Bertz CT molecular complexity index is 1350. The van der Waals surface area contributed by atoms with Crippen LogP contribution in [0.15, 0.2) is 54.6 Å². The molecule has 0 aliphatic heterocycles. The van der Waals surface area contributed by atoms with Crippen molar-refractivity contribution in [2.45, 2.75) is 12.8 Å². The molecule has 11 heteroatoms. The lowest BCUT2D eigenvalue weighted by Crippen LogP contribution is -2.12. The van der Waals surface area contributed by atoms with Crippen LogP contribution in [-0.4, -0.2) is 16.1 Å². The molecule has 0 radical (unpaired) electrons. The van der Waals surface area contributed by atoms with Gasteiger partial charge in [0.25, 0.3) is 5.91 Å². The predicted molar refractivity (Wildman–Crippen MR) is 111 cm³/mol. The van der Waals surface area contributed by atoms with Crippen molar-refractivity contribution < 1.29 is 31.5 Å². The van der Waals surface area contributed by atoms with E-state index in [-0.39, 0.29) is 27.7 Å². The summed E-state index contributed by atoms with van der Waals surface area (Å²) >= 11 is 5.70. The number of ether oxygens (including phenoxy) is 1. The third-order valence-electron chi connectivity index (χ3n) is 4.72. The molecule has 0 aliphatic carbocycles. The fraction of sp³-hybridized carbons (Fsp3) is 0.0909. The number of benzene rings is 3. The Balaban J connectivity index is 1.55. The molecule has 0 spiro atoms. The van der Waals surface area contributed by atoms with Crippen LogP contribution in [0, 0.1) is 11.6 Å². The first-order chi connectivity index (χ1) is 15.6. The summed E-state index contributed by atoms with van der Waals surface area (Å²) in [5, 5.41) is 9.47. The largest absolute Gasteiger partial charge is 0.489 e. The number of nitrogens with zero attached hydrogens (tertiary/aromatic N) is 1. The summed E-state index contributed by atoms with van der Waals surface area (Å²) in [5.41, 5.74) is -0.746. The number of carbonyl (C=O) groups excluding carboxylic acids is 1. The zero-order chi connectivity index (χ0) is 23.8. The van der Waals surface area contributed by atoms with Gasteiger partial charge in [0.15, 0.2) is 5.82 Å². The summed E-state index contributed by atoms with van der Waals surface area (Å²) < 4.78 is 71.6. The van der Waals surface area contributed by atoms with Gasteiger partial charge in [-0.1, -0.05) is 17.7 Å². The molecular weight excluding hydrogens is 469 g/mol. The Kier molecular flexibility index (Phi) is 5.94. The lowest BCUT2D eigenvalue weighted by atomic mass is 10.1. The molecule has 33 heavy (non-hydrogen) atoms. The van der Waals surface area contributed by atoms with Crippen molar-refractivity contribution in [3.05, 3.63) is 87.9 Å². The zero-order valence-electron chi connectivity index (χ0n) is 16.4. The van der Waals surface area contributed by atoms with Crippen LogP contribution in [0.2, 0.25) is 5.02 Å². The topological polar surface area (TPSA) is 67.0 Å². The Labute approximate surface area is 188 Å². The molecule has 3 aromatic carbocycles. The summed E-state index contributed by atoms with van der Waals surface area (Å²) in [6.45, 7) is -0.464. The highest BCUT2D eigenvalue weighted by atomic mass is 35.5. The second-order valence-electron chi connectivity index (χ2n) is 6.95. The minimum atomic E-state index is -4.74. The van der Waals surface area contributed by atoms with Crippen molar-refractivity contribution in [3.63, 3.8) is 0 Å². The molecular formula is C22H13ClF5N3O2. The molecule has 0 saturated heterocycles. The number of fused-ring (bicyclic) bond motifs is 1. The summed E-state index contributed by atoms with van der Waals surface area (Å²) in [6, 6.07) is 10.3. The quantitative estimate of drug-likeness (QED) is 0.327. The van der Waals surface area contributed by atoms with Gasteiger partial charge in [-0.3, -0.25) is 9.89 Å². The van der Waals surface area contributed by atoms with Crippen LogP contribution in [0.3, 0.4) is 0 Å². The fourth-order valence-electron chi connectivity index (χ4n) is 3.09. The molecule has 1 aromatic heterocycles. The third kappa shape index (κ3) is 4.90. The predicted octanol–water partition coefficient (Wildman–Crippen LogP) is 6.34. The van der Waals surface area contributed by atoms with Crippen molar-refractivity contribution in [3.8, 4) is 5.75 Å². The van der Waals surface area contributed by atoms with Gasteiger partial charge in [0, 0.05) is 16.5 Å². The van der Waals surface area contributed by atoms with Crippen molar-refractivity contribution in [2.75, 3.05) is 5.32 Å². The Morgan fingerprint density at radius 2 is 1.85 bits per heavy atom. The van der Waals surface area contributed by atoms with Crippen LogP contribution >= 0.6 is 11.6 Å². The average molecular weight is 482 g/mol. The van der Waals surface area contributed by atoms with E-state index in [1.165, 1.54) is 18.2 Å². The van der Waals surface area contributed by atoms with Crippen molar-refractivity contribution in [1.29, 1.82) is 0 Å². The van der Waals surface area contributed by atoms with Crippen LogP contribution in [0.4, 0.5) is 27.8 Å². The third-order valence-corrected chi connectivity index (χ3v) is 5.01. The first kappa shape index (κ1) is 22.5. The molecule has 0 unspecified atom stereocenters. The SMILES string of the molecule is O=C(Nc1n[nH]c2ccc(OCc3ccc(F)cc3C(F)(F)F)cc12)c1ccc(F)c(Cl)c1. The summed E-state index contributed by atoms with van der Waals surface area (Å²) in [6.07, 6.45) is -4.74. The molecule has 1 amide bonds. The van der Waals surface area contributed by atoms with Gasteiger partial charge in [0.1, 0.15) is 24.0 Å². The van der Waals surface area contributed by atoms with Gasteiger partial charge in [-0.05, 0) is 48.5 Å². The van der Waals surface area contributed by atoms with Crippen LogP contribution in [-0.2, 0) is 12.8 Å². The van der Waals surface area contributed by atoms with Gasteiger partial charge >= 0.3 is 6.18 Å². The van der Waals surface area contributed by atoms with E-state index in [1.807, 2.05) is 0 Å². The maximum absolute atomic E-state index is 13.3. The first-order valence-corrected chi connectivity index (χ1v) is 9.72. The highest BCUT2D eigenvalue weighted by Gasteiger charge is 2.33. The van der Waals surface area contributed by atoms with E-state index in [0.29, 0.717) is 17.0 Å². The summed E-state index contributed by atoms with van der Waals surface area (Å²) in [4.78, 5) is 12.5. The normalized spacial score (nSPS) is 11.6. The minimum absolute atomic E-state index is 0.0981. The summed E-state index contributed by atoms with van der Waals surface area (Å²) in [5.74, 6) is -1.96. The smallest absolute Gasteiger partial charge is 0.416 e. The van der Waals surface area contributed by atoms with Crippen molar-refractivity contribution >= 4 is 34.2 Å². The molecule has 5 nitrogen and oxygen atoms in total. The van der Waals surface area contributed by atoms with E-state index >= 15 is 0 Å². The number of anilines is 1. The van der Waals surface area contributed by atoms with Crippen LogP contribution in [0.1, 0.15) is 21.5 Å². The first-order valence-electron chi connectivity index (χ1n) is 9.35. The molecule has 4 rings (SSSR count). The summed E-state index contributed by atoms with van der Waals surface area (Å²) in [7, 11) is 0. The highest BCUT2D eigenvalue weighted by Crippen LogP contribution is 2.33. The van der Waals surface area contributed by atoms with Crippen molar-refractivity contribution in [2.24, 2.45) is 0 Å². The van der Waals surface area contributed by atoms with E-state index in [4.69, 9.17) is 16.3 Å². The van der Waals surface area contributed by atoms with E-state index in [9.17, 15) is 26.7 Å². The second-order valence-corrected chi connectivity index (χ2v) is 7.36. The standard InChI is InChI=1S/C22H13ClF5N3O2/c23-17-7-11(2-5-18(17)25)21(32)29-20-15-9-14(4-6-19(15)30-31-20)33-10-12-1-3-13(24)8-16(12)22(26,27)28/h1-9H,10H2,(H2,29,30,31,32). The number of alkyl halides is 3. The fourth-order valence-corrected chi connectivity index (χ4v) is 3.28. The van der Waals surface area contributed by atoms with E-state index in [0.717, 1.165) is 24.3 Å². The van der Waals surface area contributed by atoms with Crippen LogP contribution < -0.4 is 10.1 Å². The Morgan fingerprint density at radius 3 is 2.58 bits per heavy atom.